The number of nitrogens with zero attached hydrogens (tertiary/aromatic N) is 1. The van der Waals surface area contributed by atoms with E-state index < -0.39 is 11.0 Å². The zero-order valence-corrected chi connectivity index (χ0v) is 5.15. The second-order valence-electron chi connectivity index (χ2n) is 1.94. The standard InChI is InChI=1S/C6H7NO3/c8-6-3-1-2-5(4-6)7(9)10/h1-3,6,8H,4H2/i6D. The van der Waals surface area contributed by atoms with Gasteiger partial charge in [-0.3, -0.25) is 10.1 Å². The summed E-state index contributed by atoms with van der Waals surface area (Å²) in [5.74, 6) is 0. The number of hydrogen-bond donors (Lipinski definition) is 1. The molecule has 1 rings (SSSR count). The molecule has 0 spiro atoms. The maximum atomic E-state index is 10.2. The maximum Gasteiger partial charge on any atom is 0.249 e. The molecule has 0 radical (unpaired) electrons. The Labute approximate surface area is 59.0 Å². The van der Waals surface area contributed by atoms with Crippen LogP contribution in [0.5, 0.6) is 0 Å². The van der Waals surface area contributed by atoms with Gasteiger partial charge in [0.2, 0.25) is 5.70 Å². The third-order valence-electron chi connectivity index (χ3n) is 1.17. The van der Waals surface area contributed by atoms with Crippen LogP contribution in [0.2, 0.25) is 0 Å². The molecule has 1 unspecified atom stereocenters. The molecule has 0 heterocycles. The van der Waals surface area contributed by atoms with Gasteiger partial charge in [-0.2, -0.15) is 0 Å². The average molecular weight is 142 g/mol. The third-order valence-corrected chi connectivity index (χ3v) is 1.17. The van der Waals surface area contributed by atoms with Crippen LogP contribution >= 0.6 is 0 Å². The molecule has 54 valence electrons. The fraction of sp³-hybridized carbons (Fsp3) is 0.333. The first-order valence-electron chi connectivity index (χ1n) is 3.26. The second kappa shape index (κ2) is 2.62. The summed E-state index contributed by atoms with van der Waals surface area (Å²) in [7, 11) is 0. The topological polar surface area (TPSA) is 63.4 Å². The van der Waals surface area contributed by atoms with Crippen molar-refractivity contribution in [1.29, 1.82) is 0 Å². The van der Waals surface area contributed by atoms with Gasteiger partial charge in [-0.05, 0) is 0 Å². The molecule has 0 bridgehead atoms. The number of aliphatic hydroxyl groups is 1. The van der Waals surface area contributed by atoms with Crippen molar-refractivity contribution in [2.24, 2.45) is 0 Å². The Kier molecular flexibility index (Phi) is 1.47. The molecule has 0 aromatic carbocycles. The van der Waals surface area contributed by atoms with Gasteiger partial charge in [0.05, 0.1) is 18.8 Å². The molecule has 4 heteroatoms. The Hall–Kier alpha value is -1.16. The summed E-state index contributed by atoms with van der Waals surface area (Å²) in [4.78, 5) is 9.56. The molecule has 0 aromatic rings. The summed E-state index contributed by atoms with van der Waals surface area (Å²) in [5, 5.41) is 19.2. The van der Waals surface area contributed by atoms with E-state index in [9.17, 15) is 10.1 Å². The quantitative estimate of drug-likeness (QED) is 0.427. The van der Waals surface area contributed by atoms with Gasteiger partial charge in [-0.15, -0.1) is 0 Å². The zero-order valence-electron chi connectivity index (χ0n) is 6.15. The van der Waals surface area contributed by atoms with Gasteiger partial charge in [0.15, 0.2) is 0 Å². The van der Waals surface area contributed by atoms with Crippen molar-refractivity contribution in [1.82, 2.24) is 0 Å². The lowest BCUT2D eigenvalue weighted by atomic mass is 10.1. The monoisotopic (exact) mass is 142 g/mol. The molecule has 0 aliphatic heterocycles. The molecule has 0 saturated carbocycles. The fourth-order valence-electron chi connectivity index (χ4n) is 0.699. The number of allylic oxidation sites excluding steroid dienone is 2. The third kappa shape index (κ3) is 1.41. The van der Waals surface area contributed by atoms with Crippen LogP contribution in [-0.2, 0) is 0 Å². The minimum absolute atomic E-state index is 0.134. The number of hydrogen-bond acceptors (Lipinski definition) is 3. The highest BCUT2D eigenvalue weighted by atomic mass is 16.6. The van der Waals surface area contributed by atoms with Crippen molar-refractivity contribution in [3.63, 3.8) is 0 Å². The first kappa shape index (κ1) is 5.61. The summed E-state index contributed by atoms with van der Waals surface area (Å²) in [6, 6.07) is 0. The van der Waals surface area contributed by atoms with Gasteiger partial charge in [0, 0.05) is 6.08 Å². The van der Waals surface area contributed by atoms with Crippen LogP contribution in [0.1, 0.15) is 7.79 Å². The highest BCUT2D eigenvalue weighted by Crippen LogP contribution is 2.11. The van der Waals surface area contributed by atoms with Crippen LogP contribution in [-0.4, -0.2) is 16.1 Å². The summed E-state index contributed by atoms with van der Waals surface area (Å²) < 4.78 is 7.07. The Balaban J connectivity index is 2.81. The molecule has 0 amide bonds. The minimum atomic E-state index is -1.81. The van der Waals surface area contributed by atoms with E-state index in [1.54, 1.807) is 0 Å². The molecule has 0 saturated heterocycles. The van der Waals surface area contributed by atoms with Crippen molar-refractivity contribution in [3.8, 4) is 0 Å². The van der Waals surface area contributed by atoms with E-state index in [0.717, 1.165) is 0 Å². The Morgan fingerprint density at radius 3 is 3.10 bits per heavy atom. The van der Waals surface area contributed by atoms with Crippen molar-refractivity contribution in [2.45, 2.75) is 12.5 Å². The summed E-state index contributed by atoms with van der Waals surface area (Å²) in [6.07, 6.45) is 1.74. The molecule has 1 aliphatic carbocycles. The molecule has 4 nitrogen and oxygen atoms in total. The smallest absolute Gasteiger partial charge is 0.249 e. The van der Waals surface area contributed by atoms with Crippen molar-refractivity contribution < 1.29 is 11.4 Å². The molecular weight excluding hydrogens is 134 g/mol. The Morgan fingerprint density at radius 1 is 2.00 bits per heavy atom. The van der Waals surface area contributed by atoms with Gasteiger partial charge in [-0.25, -0.2) is 0 Å². The SMILES string of the molecule is [2H]C1(O)C=CC=C([N+](=O)[O-])C1. The molecule has 1 N–H and O–H groups in total. The molecule has 1 aliphatic rings. The highest BCUT2D eigenvalue weighted by molar-refractivity contribution is 5.15. The van der Waals surface area contributed by atoms with Gasteiger partial charge >= 0.3 is 0 Å². The van der Waals surface area contributed by atoms with Crippen LogP contribution in [0, 0.1) is 10.1 Å². The van der Waals surface area contributed by atoms with E-state index in [4.69, 9.17) is 6.48 Å². The minimum Gasteiger partial charge on any atom is -0.388 e. The summed E-state index contributed by atoms with van der Waals surface area (Å²) in [5.41, 5.74) is -0.134. The van der Waals surface area contributed by atoms with Crippen molar-refractivity contribution >= 4 is 0 Å². The molecule has 10 heavy (non-hydrogen) atoms. The normalized spacial score (nSPS) is 32.9. The van der Waals surface area contributed by atoms with Gasteiger partial charge in [-0.1, -0.05) is 12.2 Å². The second-order valence-corrected chi connectivity index (χ2v) is 1.94. The van der Waals surface area contributed by atoms with E-state index in [1.807, 2.05) is 0 Å². The Bertz CT molecular complexity index is 244. The summed E-state index contributed by atoms with van der Waals surface area (Å²) >= 11 is 0. The van der Waals surface area contributed by atoms with E-state index >= 15 is 0 Å². The van der Waals surface area contributed by atoms with Crippen molar-refractivity contribution in [2.75, 3.05) is 0 Å². The average Bonchev–Trinajstić information content (AvgIpc) is 1.85. The Morgan fingerprint density at radius 2 is 2.70 bits per heavy atom. The van der Waals surface area contributed by atoms with Crippen LogP contribution in [0.3, 0.4) is 0 Å². The van der Waals surface area contributed by atoms with E-state index in [-0.39, 0.29) is 12.1 Å². The lowest BCUT2D eigenvalue weighted by Gasteiger charge is -2.05. The largest absolute Gasteiger partial charge is 0.388 e. The van der Waals surface area contributed by atoms with Gasteiger partial charge < -0.3 is 5.11 Å². The fourth-order valence-corrected chi connectivity index (χ4v) is 0.699. The lowest BCUT2D eigenvalue weighted by Crippen LogP contribution is -2.11. The molecule has 0 fully saturated rings. The first-order chi connectivity index (χ1) is 5.01. The molecular formula is C6H7NO3. The number of rotatable bonds is 1. The lowest BCUT2D eigenvalue weighted by molar-refractivity contribution is -0.429. The number of nitro groups is 1. The predicted molar refractivity (Wildman–Crippen MR) is 34.8 cm³/mol. The highest BCUT2D eigenvalue weighted by Gasteiger charge is 2.16. The summed E-state index contributed by atoms with van der Waals surface area (Å²) in [6.45, 7) is 0. The maximum absolute atomic E-state index is 10.2. The van der Waals surface area contributed by atoms with Crippen LogP contribution in [0.15, 0.2) is 23.9 Å². The van der Waals surface area contributed by atoms with Gasteiger partial charge in [0.1, 0.15) is 0 Å². The van der Waals surface area contributed by atoms with E-state index in [2.05, 4.69) is 0 Å². The van der Waals surface area contributed by atoms with Crippen molar-refractivity contribution in [3.05, 3.63) is 34.0 Å². The molecule has 0 aromatic heterocycles. The predicted octanol–water partition coefficient (Wildman–Crippen LogP) is 0.468. The van der Waals surface area contributed by atoms with E-state index in [0.29, 0.717) is 0 Å². The zero-order chi connectivity index (χ0) is 8.48. The first-order valence-corrected chi connectivity index (χ1v) is 2.76. The van der Waals surface area contributed by atoms with Crippen LogP contribution < -0.4 is 0 Å². The van der Waals surface area contributed by atoms with Crippen LogP contribution in [0.4, 0.5) is 0 Å². The van der Waals surface area contributed by atoms with Gasteiger partial charge in [0.25, 0.3) is 0 Å². The van der Waals surface area contributed by atoms with Crippen LogP contribution in [0.25, 0.3) is 0 Å². The van der Waals surface area contributed by atoms with E-state index in [1.165, 1.54) is 18.2 Å². The molecule has 1 atom stereocenters.